The largest absolute Gasteiger partial charge is 0.417 e. The summed E-state index contributed by atoms with van der Waals surface area (Å²) in [6.07, 6.45) is 4.28. The minimum absolute atomic E-state index is 0.173. The second-order valence-corrected chi connectivity index (χ2v) is 8.59. The van der Waals surface area contributed by atoms with E-state index in [9.17, 15) is 0 Å². The number of nitrogens with zero attached hydrogens (tertiary/aromatic N) is 1. The van der Waals surface area contributed by atoms with Gasteiger partial charge in [-0.3, -0.25) is 0 Å². The second kappa shape index (κ2) is 7.89. The molecule has 17 heavy (non-hydrogen) atoms. The van der Waals surface area contributed by atoms with Crippen LogP contribution in [0, 0.1) is 22.7 Å². The Kier molecular flexibility index (Phi) is 7.74. The van der Waals surface area contributed by atoms with Crippen molar-refractivity contribution in [2.75, 3.05) is 0 Å². The zero-order valence-corrected chi connectivity index (χ0v) is 13.6. The first-order valence-corrected chi connectivity index (χ1v) is 9.63. The van der Waals surface area contributed by atoms with Crippen molar-refractivity contribution in [2.24, 2.45) is 11.3 Å². The minimum atomic E-state index is -1.03. The third-order valence-corrected chi connectivity index (χ3v) is 3.82. The van der Waals surface area contributed by atoms with Crippen molar-refractivity contribution < 1.29 is 4.43 Å². The van der Waals surface area contributed by atoms with E-state index in [0.717, 1.165) is 6.42 Å². The Morgan fingerprint density at radius 2 is 1.82 bits per heavy atom. The fourth-order valence-electron chi connectivity index (χ4n) is 2.38. The van der Waals surface area contributed by atoms with Crippen LogP contribution in [-0.2, 0) is 4.43 Å². The van der Waals surface area contributed by atoms with Crippen LogP contribution in [0.15, 0.2) is 0 Å². The van der Waals surface area contributed by atoms with Crippen LogP contribution in [0.3, 0.4) is 0 Å². The molecule has 0 rings (SSSR count). The van der Waals surface area contributed by atoms with Gasteiger partial charge in [-0.05, 0) is 37.3 Å². The molecule has 0 bridgehead atoms. The Labute approximate surface area is 109 Å². The van der Waals surface area contributed by atoms with Gasteiger partial charge in [0.15, 0.2) is 9.04 Å². The van der Waals surface area contributed by atoms with E-state index in [4.69, 9.17) is 9.69 Å². The van der Waals surface area contributed by atoms with E-state index in [2.05, 4.69) is 46.9 Å². The predicted octanol–water partition coefficient (Wildman–Crippen LogP) is 4.12. The predicted molar refractivity (Wildman–Crippen MR) is 76.5 cm³/mol. The number of rotatable bonds is 7. The first kappa shape index (κ1) is 16.7. The molecule has 0 radical (unpaired) electrons. The lowest BCUT2D eigenvalue weighted by molar-refractivity contribution is 0.0259. The lowest BCUT2D eigenvalue weighted by atomic mass is 9.78. The summed E-state index contributed by atoms with van der Waals surface area (Å²) < 4.78 is 6.26. The van der Waals surface area contributed by atoms with Crippen molar-refractivity contribution in [2.45, 2.75) is 72.6 Å². The molecule has 2 atom stereocenters. The van der Waals surface area contributed by atoms with E-state index in [-0.39, 0.29) is 5.41 Å². The van der Waals surface area contributed by atoms with Gasteiger partial charge in [-0.15, -0.1) is 0 Å². The lowest BCUT2D eigenvalue weighted by Gasteiger charge is -2.38. The van der Waals surface area contributed by atoms with Crippen LogP contribution in [0.25, 0.3) is 0 Å². The summed E-state index contributed by atoms with van der Waals surface area (Å²) in [5.74, 6) is 0.537. The fourth-order valence-corrected chi connectivity index (χ4v) is 3.60. The maximum absolute atomic E-state index is 8.77. The summed E-state index contributed by atoms with van der Waals surface area (Å²) in [7, 11) is -1.03. The molecule has 0 amide bonds. The number of nitriles is 1. The molecule has 0 aliphatic rings. The molecule has 0 saturated heterocycles. The Morgan fingerprint density at radius 1 is 1.24 bits per heavy atom. The summed E-state index contributed by atoms with van der Waals surface area (Å²) in [6, 6.07) is 2.27. The molecule has 0 aliphatic heterocycles. The molecule has 0 aromatic carbocycles. The van der Waals surface area contributed by atoms with Crippen LogP contribution in [0.5, 0.6) is 0 Å². The molecule has 0 aromatic rings. The summed E-state index contributed by atoms with van der Waals surface area (Å²) in [5.41, 5.74) is 0.173. The molecule has 0 fully saturated rings. The highest BCUT2D eigenvalue weighted by Gasteiger charge is 2.32. The maximum atomic E-state index is 8.77. The van der Waals surface area contributed by atoms with Crippen molar-refractivity contribution in [3.8, 4) is 6.07 Å². The summed E-state index contributed by atoms with van der Waals surface area (Å²) in [4.78, 5) is 0. The molecular weight excluding hydrogens is 226 g/mol. The van der Waals surface area contributed by atoms with E-state index in [1.165, 1.54) is 12.8 Å². The summed E-state index contributed by atoms with van der Waals surface area (Å²) in [6.45, 7) is 13.4. The van der Waals surface area contributed by atoms with Gasteiger partial charge < -0.3 is 4.43 Å². The molecule has 0 saturated carbocycles. The molecule has 0 N–H and O–H groups in total. The highest BCUT2D eigenvalue weighted by Crippen LogP contribution is 2.33. The van der Waals surface area contributed by atoms with Gasteiger partial charge in [-0.2, -0.15) is 5.26 Å². The van der Waals surface area contributed by atoms with Crippen LogP contribution < -0.4 is 0 Å². The minimum Gasteiger partial charge on any atom is -0.417 e. The zero-order chi connectivity index (χ0) is 13.5. The van der Waals surface area contributed by atoms with E-state index in [1.54, 1.807) is 0 Å². The van der Waals surface area contributed by atoms with E-state index < -0.39 is 9.04 Å². The van der Waals surface area contributed by atoms with E-state index in [1.807, 2.05) is 0 Å². The third kappa shape index (κ3) is 6.85. The Bertz CT molecular complexity index is 240. The van der Waals surface area contributed by atoms with Crippen LogP contribution in [0.2, 0.25) is 13.1 Å². The normalized spacial score (nSPS) is 15.6. The fraction of sp³-hybridized carbons (Fsp3) is 0.929. The van der Waals surface area contributed by atoms with Crippen LogP contribution >= 0.6 is 0 Å². The van der Waals surface area contributed by atoms with Gasteiger partial charge in [0, 0.05) is 6.42 Å². The monoisotopic (exact) mass is 255 g/mol. The topological polar surface area (TPSA) is 33.0 Å². The molecule has 3 heteroatoms. The van der Waals surface area contributed by atoms with Crippen LogP contribution in [0.4, 0.5) is 0 Å². The van der Waals surface area contributed by atoms with Crippen molar-refractivity contribution in [3.63, 3.8) is 0 Å². The zero-order valence-electron chi connectivity index (χ0n) is 12.4. The first-order chi connectivity index (χ1) is 7.82. The smallest absolute Gasteiger partial charge is 0.171 e. The molecule has 0 aromatic heterocycles. The molecule has 100 valence electrons. The Hall–Kier alpha value is -0.333. The second-order valence-electron chi connectivity index (χ2n) is 6.22. The average Bonchev–Trinajstić information content (AvgIpc) is 2.19. The van der Waals surface area contributed by atoms with Crippen molar-refractivity contribution >= 4 is 9.04 Å². The van der Waals surface area contributed by atoms with Crippen LogP contribution in [0.1, 0.15) is 53.4 Å². The van der Waals surface area contributed by atoms with Crippen LogP contribution in [-0.4, -0.2) is 15.1 Å². The number of hydrogen-bond acceptors (Lipinski definition) is 2. The van der Waals surface area contributed by atoms with Gasteiger partial charge in [0.1, 0.15) is 0 Å². The van der Waals surface area contributed by atoms with Gasteiger partial charge in [-0.25, -0.2) is 0 Å². The quantitative estimate of drug-likeness (QED) is 0.641. The third-order valence-electron chi connectivity index (χ3n) is 2.99. The van der Waals surface area contributed by atoms with Gasteiger partial charge in [0.05, 0.1) is 12.2 Å². The number of hydrogen-bond donors (Lipinski definition) is 0. The maximum Gasteiger partial charge on any atom is 0.171 e. The van der Waals surface area contributed by atoms with Gasteiger partial charge in [0.25, 0.3) is 0 Å². The van der Waals surface area contributed by atoms with Crippen molar-refractivity contribution in [1.82, 2.24) is 0 Å². The van der Waals surface area contributed by atoms with E-state index in [0.29, 0.717) is 18.4 Å². The SMILES string of the molecule is CCCC(CCC#N)C(O[SiH](C)C)C(C)(C)C. The Balaban J connectivity index is 4.74. The van der Waals surface area contributed by atoms with E-state index >= 15 is 0 Å². The lowest BCUT2D eigenvalue weighted by Crippen LogP contribution is -2.39. The molecule has 2 unspecified atom stereocenters. The standard InChI is InChI=1S/C14H29NOSi/c1-7-9-12(10-8-11-15)13(14(2,3)4)16-17(5)6/h12-13,17H,7-10H2,1-6H3. The van der Waals surface area contributed by atoms with Crippen molar-refractivity contribution in [1.29, 1.82) is 5.26 Å². The molecule has 0 spiro atoms. The summed E-state index contributed by atoms with van der Waals surface area (Å²) >= 11 is 0. The Morgan fingerprint density at radius 3 is 2.18 bits per heavy atom. The molecular formula is C14H29NOSi. The summed E-state index contributed by atoms with van der Waals surface area (Å²) in [5, 5.41) is 8.77. The van der Waals surface area contributed by atoms with Gasteiger partial charge in [-0.1, -0.05) is 34.1 Å². The molecule has 0 heterocycles. The average molecular weight is 255 g/mol. The van der Waals surface area contributed by atoms with Gasteiger partial charge >= 0.3 is 0 Å². The highest BCUT2D eigenvalue weighted by molar-refractivity contribution is 6.48. The highest BCUT2D eigenvalue weighted by atomic mass is 28.3. The molecule has 2 nitrogen and oxygen atoms in total. The van der Waals surface area contributed by atoms with Gasteiger partial charge in [0.2, 0.25) is 0 Å². The molecule has 0 aliphatic carbocycles. The first-order valence-electron chi connectivity index (χ1n) is 6.85. The van der Waals surface area contributed by atoms with Crippen molar-refractivity contribution in [3.05, 3.63) is 0 Å².